The van der Waals surface area contributed by atoms with Crippen LogP contribution in [0.4, 0.5) is 0 Å². The molecule has 1 atom stereocenters. The van der Waals surface area contributed by atoms with E-state index in [2.05, 4.69) is 19.2 Å². The van der Waals surface area contributed by atoms with Crippen molar-refractivity contribution in [2.45, 2.75) is 33.1 Å². The van der Waals surface area contributed by atoms with Crippen molar-refractivity contribution in [3.63, 3.8) is 0 Å². The van der Waals surface area contributed by atoms with Gasteiger partial charge in [-0.3, -0.25) is 4.79 Å². The van der Waals surface area contributed by atoms with Gasteiger partial charge in [-0.2, -0.15) is 0 Å². The highest BCUT2D eigenvalue weighted by molar-refractivity contribution is 5.79. The van der Waals surface area contributed by atoms with Gasteiger partial charge in [-0.15, -0.1) is 0 Å². The molecule has 1 unspecified atom stereocenters. The second-order valence-corrected chi connectivity index (χ2v) is 5.13. The highest BCUT2D eigenvalue weighted by Gasteiger charge is 2.38. The molecular weight excluding hydrogens is 204 g/mol. The molecule has 0 aromatic carbocycles. The Balaban J connectivity index is 2.20. The Kier molecular flexibility index (Phi) is 5.22. The topological polar surface area (TPSA) is 64.3 Å². The van der Waals surface area contributed by atoms with Gasteiger partial charge in [-0.05, 0) is 18.3 Å². The molecule has 0 spiro atoms. The van der Waals surface area contributed by atoms with Crippen LogP contribution in [0.15, 0.2) is 0 Å². The number of hydrogen-bond acceptors (Lipinski definition) is 3. The average molecular weight is 228 g/mol. The Morgan fingerprint density at radius 3 is 2.81 bits per heavy atom. The number of ether oxygens (including phenoxy) is 1. The largest absolute Gasteiger partial charge is 0.378 e. The predicted octanol–water partition coefficient (Wildman–Crippen LogP) is 0.904. The van der Waals surface area contributed by atoms with Crippen molar-refractivity contribution in [2.75, 3.05) is 26.3 Å². The van der Waals surface area contributed by atoms with Gasteiger partial charge < -0.3 is 15.8 Å². The van der Waals surface area contributed by atoms with Crippen LogP contribution in [-0.4, -0.2) is 32.2 Å². The summed E-state index contributed by atoms with van der Waals surface area (Å²) in [4.78, 5) is 11.9. The maximum absolute atomic E-state index is 11.9. The van der Waals surface area contributed by atoms with Crippen LogP contribution in [0.25, 0.3) is 0 Å². The molecule has 0 bridgehead atoms. The first-order valence-electron chi connectivity index (χ1n) is 6.13. The lowest BCUT2D eigenvalue weighted by atomic mass is 9.81. The van der Waals surface area contributed by atoms with Gasteiger partial charge in [0.1, 0.15) is 0 Å². The molecule has 16 heavy (non-hydrogen) atoms. The first-order chi connectivity index (χ1) is 7.58. The molecule has 3 N–H and O–H groups in total. The van der Waals surface area contributed by atoms with E-state index in [1.807, 2.05) is 0 Å². The molecule has 1 saturated carbocycles. The van der Waals surface area contributed by atoms with Crippen molar-refractivity contribution in [1.82, 2.24) is 5.32 Å². The van der Waals surface area contributed by atoms with Gasteiger partial charge in [0, 0.05) is 19.0 Å². The van der Waals surface area contributed by atoms with Gasteiger partial charge in [0.05, 0.1) is 13.2 Å². The van der Waals surface area contributed by atoms with Crippen molar-refractivity contribution >= 4 is 5.91 Å². The minimum Gasteiger partial charge on any atom is -0.378 e. The number of amides is 1. The van der Waals surface area contributed by atoms with E-state index >= 15 is 0 Å². The van der Waals surface area contributed by atoms with Crippen LogP contribution in [0, 0.1) is 11.3 Å². The number of carbonyl (C=O) groups is 1. The van der Waals surface area contributed by atoms with Gasteiger partial charge in [-0.25, -0.2) is 0 Å². The zero-order chi connectivity index (χ0) is 12.0. The van der Waals surface area contributed by atoms with Crippen LogP contribution in [-0.2, 0) is 9.53 Å². The van der Waals surface area contributed by atoms with Gasteiger partial charge in [0.25, 0.3) is 0 Å². The monoisotopic (exact) mass is 228 g/mol. The third-order valence-corrected chi connectivity index (χ3v) is 3.38. The molecule has 1 amide bonds. The molecule has 94 valence electrons. The Bertz CT molecular complexity index is 229. The Morgan fingerprint density at radius 1 is 1.50 bits per heavy atom. The summed E-state index contributed by atoms with van der Waals surface area (Å²) < 4.78 is 5.21. The maximum Gasteiger partial charge on any atom is 0.223 e. The zero-order valence-corrected chi connectivity index (χ0v) is 10.4. The van der Waals surface area contributed by atoms with Crippen LogP contribution in [0.5, 0.6) is 0 Å². The molecule has 1 aliphatic rings. The van der Waals surface area contributed by atoms with Crippen LogP contribution in [0.3, 0.4) is 0 Å². The quantitative estimate of drug-likeness (QED) is 0.664. The lowest BCUT2D eigenvalue weighted by Gasteiger charge is -2.25. The second kappa shape index (κ2) is 6.21. The van der Waals surface area contributed by atoms with Gasteiger partial charge in [0.2, 0.25) is 5.91 Å². The lowest BCUT2D eigenvalue weighted by Crippen LogP contribution is -2.37. The van der Waals surface area contributed by atoms with Gasteiger partial charge in [-0.1, -0.05) is 20.3 Å². The van der Waals surface area contributed by atoms with E-state index in [-0.39, 0.29) is 17.2 Å². The van der Waals surface area contributed by atoms with Crippen molar-refractivity contribution in [3.05, 3.63) is 0 Å². The number of nitrogens with two attached hydrogens (primary N) is 1. The normalized spacial score (nSPS) is 23.3. The molecule has 0 saturated heterocycles. The first-order valence-corrected chi connectivity index (χ1v) is 6.13. The molecule has 0 heterocycles. The summed E-state index contributed by atoms with van der Waals surface area (Å²) in [7, 11) is 0. The fourth-order valence-electron chi connectivity index (χ4n) is 2.37. The summed E-state index contributed by atoms with van der Waals surface area (Å²) in [5.41, 5.74) is 5.45. The van der Waals surface area contributed by atoms with E-state index in [4.69, 9.17) is 10.5 Å². The van der Waals surface area contributed by atoms with Crippen molar-refractivity contribution < 1.29 is 9.53 Å². The average Bonchev–Trinajstić information content (AvgIpc) is 2.57. The minimum atomic E-state index is 0.155. The van der Waals surface area contributed by atoms with E-state index in [1.54, 1.807) is 0 Å². The van der Waals surface area contributed by atoms with Crippen LogP contribution in [0.1, 0.15) is 33.1 Å². The van der Waals surface area contributed by atoms with Gasteiger partial charge >= 0.3 is 0 Å². The fraction of sp³-hybridized carbons (Fsp3) is 0.917. The van der Waals surface area contributed by atoms with Crippen molar-refractivity contribution in [3.8, 4) is 0 Å². The second-order valence-electron chi connectivity index (χ2n) is 5.13. The molecule has 0 aromatic heterocycles. The van der Waals surface area contributed by atoms with E-state index in [0.29, 0.717) is 26.3 Å². The SMILES string of the molecule is CC1(C)CCCC1C(=O)NCCOCCN. The summed E-state index contributed by atoms with van der Waals surface area (Å²) in [6.07, 6.45) is 3.33. The zero-order valence-electron chi connectivity index (χ0n) is 10.4. The number of rotatable bonds is 6. The summed E-state index contributed by atoms with van der Waals surface area (Å²) in [5, 5.41) is 2.93. The fourth-order valence-corrected chi connectivity index (χ4v) is 2.37. The van der Waals surface area contributed by atoms with Crippen molar-refractivity contribution in [1.29, 1.82) is 0 Å². The molecule has 1 fully saturated rings. The first kappa shape index (κ1) is 13.5. The summed E-state index contributed by atoms with van der Waals surface area (Å²) in [6, 6.07) is 0. The Hall–Kier alpha value is -0.610. The van der Waals surface area contributed by atoms with E-state index in [1.165, 1.54) is 0 Å². The molecule has 4 nitrogen and oxygen atoms in total. The highest BCUT2D eigenvalue weighted by atomic mass is 16.5. The third-order valence-electron chi connectivity index (χ3n) is 3.38. The molecule has 0 radical (unpaired) electrons. The molecule has 1 rings (SSSR count). The maximum atomic E-state index is 11.9. The summed E-state index contributed by atoms with van der Waals surface area (Å²) in [5.74, 6) is 0.348. The third kappa shape index (κ3) is 3.76. The molecule has 0 aliphatic heterocycles. The number of hydrogen-bond donors (Lipinski definition) is 2. The minimum absolute atomic E-state index is 0.155. The Labute approximate surface area is 97.9 Å². The molecule has 4 heteroatoms. The van der Waals surface area contributed by atoms with Crippen molar-refractivity contribution in [2.24, 2.45) is 17.1 Å². The summed E-state index contributed by atoms with van der Waals surface area (Å²) in [6.45, 7) is 6.58. The summed E-state index contributed by atoms with van der Waals surface area (Å²) >= 11 is 0. The van der Waals surface area contributed by atoms with Crippen LogP contribution in [0.2, 0.25) is 0 Å². The van der Waals surface area contributed by atoms with Crippen LogP contribution >= 0.6 is 0 Å². The molecule has 0 aromatic rings. The highest BCUT2D eigenvalue weighted by Crippen LogP contribution is 2.42. The Morgan fingerprint density at radius 2 is 2.25 bits per heavy atom. The van der Waals surface area contributed by atoms with E-state index in [0.717, 1.165) is 19.3 Å². The smallest absolute Gasteiger partial charge is 0.223 e. The number of nitrogens with one attached hydrogen (secondary N) is 1. The van der Waals surface area contributed by atoms with Gasteiger partial charge in [0.15, 0.2) is 0 Å². The predicted molar refractivity (Wildman–Crippen MR) is 64.0 cm³/mol. The lowest BCUT2D eigenvalue weighted by molar-refractivity contribution is -0.127. The number of carbonyl (C=O) groups excluding carboxylic acids is 1. The molecular formula is C12H24N2O2. The van der Waals surface area contributed by atoms with E-state index < -0.39 is 0 Å². The standard InChI is InChI=1S/C12H24N2O2/c1-12(2)5-3-4-10(12)11(15)14-7-9-16-8-6-13/h10H,3-9,13H2,1-2H3,(H,14,15). The van der Waals surface area contributed by atoms with Crippen LogP contribution < -0.4 is 11.1 Å². The van der Waals surface area contributed by atoms with E-state index in [9.17, 15) is 4.79 Å². The molecule has 1 aliphatic carbocycles.